The lowest BCUT2D eigenvalue weighted by Gasteiger charge is -2.34. The average molecular weight is 452 g/mol. The third-order valence-corrected chi connectivity index (χ3v) is 5.80. The first kappa shape index (κ1) is 22.1. The SMILES string of the molecule is COc1ccc(C2CN(CCC(=O)N3CCOCC3)C(=O)c3[nH]nc(C(F)(F)F)c32)cc1. The van der Waals surface area contributed by atoms with E-state index in [1.165, 1.54) is 12.0 Å². The number of hydrogen-bond acceptors (Lipinski definition) is 5. The summed E-state index contributed by atoms with van der Waals surface area (Å²) < 4.78 is 51.2. The fourth-order valence-corrected chi connectivity index (χ4v) is 4.12. The number of aromatic amines is 1. The molecule has 2 aromatic rings. The standard InChI is InChI=1S/C21H23F3N4O4/c1-31-14-4-2-13(3-5-14)15-12-28(7-6-16(29)27-8-10-32-11-9-27)20(30)18-17(15)19(26-25-18)21(22,23)24/h2-5,15H,6-12H2,1H3,(H,25,26). The Morgan fingerprint density at radius 1 is 1.25 bits per heavy atom. The molecule has 0 saturated carbocycles. The summed E-state index contributed by atoms with van der Waals surface area (Å²) in [6.07, 6.45) is -4.62. The van der Waals surface area contributed by atoms with Crippen molar-refractivity contribution in [2.24, 2.45) is 0 Å². The number of methoxy groups -OCH3 is 1. The highest BCUT2D eigenvalue weighted by Crippen LogP contribution is 2.41. The smallest absolute Gasteiger partial charge is 0.435 e. The number of carbonyl (C=O) groups is 2. The summed E-state index contributed by atoms with van der Waals surface area (Å²) in [7, 11) is 1.50. The van der Waals surface area contributed by atoms with E-state index in [0.29, 0.717) is 37.6 Å². The van der Waals surface area contributed by atoms with Gasteiger partial charge in [0.2, 0.25) is 5.91 Å². The van der Waals surface area contributed by atoms with E-state index < -0.39 is 23.7 Å². The van der Waals surface area contributed by atoms with E-state index in [1.54, 1.807) is 29.2 Å². The predicted molar refractivity (Wildman–Crippen MR) is 106 cm³/mol. The minimum absolute atomic E-state index is 0.0111. The molecule has 0 bridgehead atoms. The number of halogens is 3. The summed E-state index contributed by atoms with van der Waals surface area (Å²) in [5, 5.41) is 5.71. The minimum Gasteiger partial charge on any atom is -0.497 e. The molecule has 1 fully saturated rings. The second kappa shape index (κ2) is 8.81. The molecule has 1 atom stereocenters. The zero-order valence-electron chi connectivity index (χ0n) is 17.4. The van der Waals surface area contributed by atoms with Gasteiger partial charge in [-0.1, -0.05) is 12.1 Å². The van der Waals surface area contributed by atoms with Crippen LogP contribution in [-0.2, 0) is 15.7 Å². The molecule has 8 nitrogen and oxygen atoms in total. The number of nitrogens with zero attached hydrogens (tertiary/aromatic N) is 3. The Labute approximate surface area is 182 Å². The first-order valence-corrected chi connectivity index (χ1v) is 10.2. The van der Waals surface area contributed by atoms with E-state index in [-0.39, 0.29) is 36.7 Å². The second-order valence-electron chi connectivity index (χ2n) is 7.68. The van der Waals surface area contributed by atoms with Crippen molar-refractivity contribution in [3.8, 4) is 5.75 Å². The summed E-state index contributed by atoms with van der Waals surface area (Å²) in [4.78, 5) is 28.5. The molecule has 172 valence electrons. The highest BCUT2D eigenvalue weighted by molar-refractivity contribution is 5.96. The van der Waals surface area contributed by atoms with Crippen LogP contribution in [0, 0.1) is 0 Å². The molecule has 32 heavy (non-hydrogen) atoms. The normalized spacial score (nSPS) is 19.1. The second-order valence-corrected chi connectivity index (χ2v) is 7.68. The van der Waals surface area contributed by atoms with Crippen LogP contribution in [0.15, 0.2) is 24.3 Å². The fraction of sp³-hybridized carbons (Fsp3) is 0.476. The molecule has 0 radical (unpaired) electrons. The highest BCUT2D eigenvalue weighted by atomic mass is 19.4. The van der Waals surface area contributed by atoms with Crippen LogP contribution in [0.3, 0.4) is 0 Å². The maximum Gasteiger partial charge on any atom is 0.435 e. The van der Waals surface area contributed by atoms with Crippen molar-refractivity contribution in [1.82, 2.24) is 20.0 Å². The van der Waals surface area contributed by atoms with Crippen LogP contribution in [0.2, 0.25) is 0 Å². The van der Waals surface area contributed by atoms with Crippen molar-refractivity contribution in [3.05, 3.63) is 46.8 Å². The van der Waals surface area contributed by atoms with Gasteiger partial charge in [0.15, 0.2) is 5.69 Å². The van der Waals surface area contributed by atoms with Crippen LogP contribution in [0.4, 0.5) is 13.2 Å². The molecule has 2 amide bonds. The third kappa shape index (κ3) is 4.29. The number of alkyl halides is 3. The van der Waals surface area contributed by atoms with Gasteiger partial charge in [0, 0.05) is 44.1 Å². The molecule has 0 aliphatic carbocycles. The zero-order chi connectivity index (χ0) is 22.9. The molecule has 2 aliphatic heterocycles. The van der Waals surface area contributed by atoms with Gasteiger partial charge >= 0.3 is 6.18 Å². The fourth-order valence-electron chi connectivity index (χ4n) is 4.12. The number of benzene rings is 1. The molecular weight excluding hydrogens is 429 g/mol. The number of nitrogens with one attached hydrogen (secondary N) is 1. The van der Waals surface area contributed by atoms with Crippen molar-refractivity contribution in [2.75, 3.05) is 46.5 Å². The number of morpholine rings is 1. The summed E-state index contributed by atoms with van der Waals surface area (Å²) in [6.45, 7) is 2.01. The van der Waals surface area contributed by atoms with Crippen molar-refractivity contribution in [2.45, 2.75) is 18.5 Å². The first-order valence-electron chi connectivity index (χ1n) is 10.2. The molecule has 2 aliphatic rings. The van der Waals surface area contributed by atoms with Crippen molar-refractivity contribution < 1.29 is 32.2 Å². The monoisotopic (exact) mass is 452 g/mol. The van der Waals surface area contributed by atoms with Gasteiger partial charge in [-0.15, -0.1) is 0 Å². The number of carbonyl (C=O) groups excluding carboxylic acids is 2. The Kier molecular flexibility index (Phi) is 6.09. The van der Waals surface area contributed by atoms with E-state index in [2.05, 4.69) is 10.2 Å². The molecule has 1 saturated heterocycles. The lowest BCUT2D eigenvalue weighted by Crippen LogP contribution is -2.45. The van der Waals surface area contributed by atoms with Gasteiger partial charge in [0.25, 0.3) is 5.91 Å². The van der Waals surface area contributed by atoms with E-state index in [4.69, 9.17) is 9.47 Å². The van der Waals surface area contributed by atoms with Gasteiger partial charge < -0.3 is 19.3 Å². The zero-order valence-corrected chi connectivity index (χ0v) is 17.4. The molecule has 0 spiro atoms. The molecule has 1 aromatic heterocycles. The van der Waals surface area contributed by atoms with E-state index in [1.807, 2.05) is 0 Å². The summed E-state index contributed by atoms with van der Waals surface area (Å²) >= 11 is 0. The van der Waals surface area contributed by atoms with Crippen LogP contribution in [0.25, 0.3) is 0 Å². The number of fused-ring (bicyclic) bond motifs is 1. The summed E-state index contributed by atoms with van der Waals surface area (Å²) in [6, 6.07) is 6.66. The van der Waals surface area contributed by atoms with Gasteiger partial charge in [0.05, 0.1) is 20.3 Å². The quantitative estimate of drug-likeness (QED) is 0.752. The van der Waals surface area contributed by atoms with E-state index in [0.717, 1.165) is 0 Å². The Balaban J connectivity index is 1.61. The molecule has 3 heterocycles. The Bertz CT molecular complexity index is 984. The van der Waals surface area contributed by atoms with Gasteiger partial charge in [-0.05, 0) is 17.7 Å². The van der Waals surface area contributed by atoms with Crippen molar-refractivity contribution in [3.63, 3.8) is 0 Å². The highest BCUT2D eigenvalue weighted by Gasteiger charge is 2.45. The number of ether oxygens (including phenoxy) is 2. The van der Waals surface area contributed by atoms with Crippen LogP contribution in [-0.4, -0.2) is 78.3 Å². The predicted octanol–water partition coefficient (Wildman–Crippen LogP) is 2.27. The Morgan fingerprint density at radius 3 is 2.56 bits per heavy atom. The molecule has 1 N–H and O–H groups in total. The van der Waals surface area contributed by atoms with Crippen LogP contribution in [0.5, 0.6) is 5.75 Å². The molecule has 1 aromatic carbocycles. The van der Waals surface area contributed by atoms with Crippen LogP contribution < -0.4 is 4.74 Å². The number of aromatic nitrogens is 2. The minimum atomic E-state index is -4.70. The number of H-pyrrole nitrogens is 1. The third-order valence-electron chi connectivity index (χ3n) is 5.80. The number of hydrogen-bond donors (Lipinski definition) is 1. The maximum absolute atomic E-state index is 13.6. The first-order chi connectivity index (χ1) is 15.3. The largest absolute Gasteiger partial charge is 0.497 e. The number of amides is 2. The average Bonchev–Trinajstić information content (AvgIpc) is 3.25. The van der Waals surface area contributed by atoms with Crippen LogP contribution >= 0.6 is 0 Å². The molecule has 4 rings (SSSR count). The summed E-state index contributed by atoms with van der Waals surface area (Å²) in [5.74, 6) is -0.893. The lowest BCUT2D eigenvalue weighted by atomic mass is 9.85. The molecule has 11 heteroatoms. The van der Waals surface area contributed by atoms with Crippen LogP contribution in [0.1, 0.15) is 39.6 Å². The number of rotatable bonds is 5. The van der Waals surface area contributed by atoms with E-state index >= 15 is 0 Å². The van der Waals surface area contributed by atoms with E-state index in [9.17, 15) is 22.8 Å². The molecule has 1 unspecified atom stereocenters. The van der Waals surface area contributed by atoms with Gasteiger partial charge in [0.1, 0.15) is 11.4 Å². The van der Waals surface area contributed by atoms with Gasteiger partial charge in [-0.25, -0.2) is 0 Å². The van der Waals surface area contributed by atoms with Gasteiger partial charge in [-0.2, -0.15) is 18.3 Å². The van der Waals surface area contributed by atoms with Gasteiger partial charge in [-0.3, -0.25) is 14.7 Å². The Morgan fingerprint density at radius 2 is 1.94 bits per heavy atom. The molecular formula is C21H23F3N4O4. The topological polar surface area (TPSA) is 87.8 Å². The Hall–Kier alpha value is -3.08. The summed E-state index contributed by atoms with van der Waals surface area (Å²) in [5.41, 5.74) is -0.853. The maximum atomic E-state index is 13.6. The van der Waals surface area contributed by atoms with Crippen molar-refractivity contribution >= 4 is 11.8 Å². The lowest BCUT2D eigenvalue weighted by molar-refractivity contribution is -0.142. The van der Waals surface area contributed by atoms with Crippen molar-refractivity contribution in [1.29, 1.82) is 0 Å².